The lowest BCUT2D eigenvalue weighted by Gasteiger charge is -2.06. The molecule has 4 heteroatoms. The van der Waals surface area contributed by atoms with Crippen molar-refractivity contribution >= 4 is 0 Å². The van der Waals surface area contributed by atoms with Gasteiger partial charge in [0.1, 0.15) is 12.4 Å². The number of unbranched alkanes of at least 4 members (excludes halogenated alkanes) is 2. The third kappa shape index (κ3) is 5.60. The molecule has 0 radical (unpaired) electrons. The Morgan fingerprint density at radius 1 is 1.18 bits per heavy atom. The maximum Gasteiger partial charge on any atom is 0.231 e. The number of rotatable bonds is 10. The summed E-state index contributed by atoms with van der Waals surface area (Å²) >= 11 is 0. The Morgan fingerprint density at radius 2 is 2.05 bits per heavy atom. The number of ether oxygens (including phenoxy) is 4. The first-order chi connectivity index (χ1) is 10.8. The van der Waals surface area contributed by atoms with E-state index in [1.54, 1.807) is 0 Å². The molecule has 1 aromatic rings. The molecule has 0 fully saturated rings. The molecule has 0 saturated carbocycles. The van der Waals surface area contributed by atoms with Crippen LogP contribution in [0.1, 0.15) is 39.5 Å². The van der Waals surface area contributed by atoms with Crippen LogP contribution in [-0.4, -0.2) is 26.6 Å². The van der Waals surface area contributed by atoms with E-state index in [9.17, 15) is 0 Å². The van der Waals surface area contributed by atoms with E-state index in [2.05, 4.69) is 19.9 Å². The molecular weight excluding hydrogens is 280 g/mol. The van der Waals surface area contributed by atoms with Crippen molar-refractivity contribution in [3.63, 3.8) is 0 Å². The summed E-state index contributed by atoms with van der Waals surface area (Å²) in [5.74, 6) is 2.32. The molecule has 1 heterocycles. The summed E-state index contributed by atoms with van der Waals surface area (Å²) in [6, 6.07) is 5.63. The van der Waals surface area contributed by atoms with Crippen LogP contribution < -0.4 is 14.2 Å². The van der Waals surface area contributed by atoms with Gasteiger partial charge in [0.05, 0.1) is 6.61 Å². The highest BCUT2D eigenvalue weighted by molar-refractivity contribution is 5.46. The van der Waals surface area contributed by atoms with Gasteiger partial charge in [-0.3, -0.25) is 0 Å². The fraction of sp³-hybridized carbons (Fsp3) is 0.556. The molecule has 1 aromatic carbocycles. The first-order valence-electron chi connectivity index (χ1n) is 8.05. The van der Waals surface area contributed by atoms with Crippen LogP contribution in [-0.2, 0) is 4.74 Å². The van der Waals surface area contributed by atoms with Crippen LogP contribution in [0.2, 0.25) is 0 Å². The lowest BCUT2D eigenvalue weighted by atomic mass is 10.2. The van der Waals surface area contributed by atoms with Gasteiger partial charge in [0.2, 0.25) is 6.79 Å². The van der Waals surface area contributed by atoms with E-state index >= 15 is 0 Å². The molecule has 0 amide bonds. The molecule has 0 aromatic heterocycles. The van der Waals surface area contributed by atoms with Gasteiger partial charge in [-0.25, -0.2) is 0 Å². The molecule has 0 atom stereocenters. The quantitative estimate of drug-likeness (QED) is 0.476. The fourth-order valence-electron chi connectivity index (χ4n) is 2.14. The summed E-state index contributed by atoms with van der Waals surface area (Å²) in [6.07, 6.45) is 6.70. The van der Waals surface area contributed by atoms with E-state index in [4.69, 9.17) is 18.9 Å². The van der Waals surface area contributed by atoms with Gasteiger partial charge in [-0.1, -0.05) is 25.3 Å². The molecule has 122 valence electrons. The van der Waals surface area contributed by atoms with Crippen molar-refractivity contribution in [2.24, 2.45) is 0 Å². The van der Waals surface area contributed by atoms with Crippen LogP contribution in [0.5, 0.6) is 17.2 Å². The molecule has 1 aliphatic heterocycles. The highest BCUT2D eigenvalue weighted by atomic mass is 16.7. The Hall–Kier alpha value is -1.68. The van der Waals surface area contributed by atoms with Gasteiger partial charge >= 0.3 is 0 Å². The largest absolute Gasteiger partial charge is 0.489 e. The molecule has 0 spiro atoms. The Labute approximate surface area is 133 Å². The summed E-state index contributed by atoms with van der Waals surface area (Å²) in [5, 5.41) is 0. The average Bonchev–Trinajstić information content (AvgIpc) is 2.98. The molecule has 0 bridgehead atoms. The second kappa shape index (κ2) is 9.36. The second-order valence-corrected chi connectivity index (χ2v) is 5.45. The Morgan fingerprint density at radius 3 is 2.91 bits per heavy atom. The zero-order valence-electron chi connectivity index (χ0n) is 13.6. The Kier molecular flexibility index (Phi) is 7.10. The molecule has 0 unspecified atom stereocenters. The third-order valence-electron chi connectivity index (χ3n) is 3.56. The van der Waals surface area contributed by atoms with E-state index in [0.717, 1.165) is 43.3 Å². The van der Waals surface area contributed by atoms with Crippen LogP contribution in [0.3, 0.4) is 0 Å². The summed E-state index contributed by atoms with van der Waals surface area (Å²) in [6.45, 7) is 6.81. The normalized spacial score (nSPS) is 13.5. The van der Waals surface area contributed by atoms with Crippen molar-refractivity contribution in [3.05, 3.63) is 29.8 Å². The lowest BCUT2D eigenvalue weighted by Crippen LogP contribution is -1.99. The van der Waals surface area contributed by atoms with Crippen LogP contribution in [0, 0.1) is 0 Å². The molecule has 0 saturated heterocycles. The molecular formula is C18H26O4. The maximum atomic E-state index is 5.71. The standard InChI is InChI=1S/C18H26O4/c1-3-4-5-10-19-11-8-15(2)9-12-20-16-6-7-17-18(13-16)22-14-21-17/h6-7,9,13H,3-5,8,10-12,14H2,1-2H3. The van der Waals surface area contributed by atoms with Gasteiger partial charge in [0.15, 0.2) is 11.5 Å². The SMILES string of the molecule is CCCCCOCCC(C)=CCOc1ccc2c(c1)OCO2. The van der Waals surface area contributed by atoms with Crippen molar-refractivity contribution in [1.82, 2.24) is 0 Å². The monoisotopic (exact) mass is 306 g/mol. The van der Waals surface area contributed by atoms with Gasteiger partial charge in [0.25, 0.3) is 0 Å². The number of hydrogen-bond donors (Lipinski definition) is 0. The van der Waals surface area contributed by atoms with Crippen molar-refractivity contribution in [2.45, 2.75) is 39.5 Å². The van der Waals surface area contributed by atoms with Gasteiger partial charge < -0.3 is 18.9 Å². The van der Waals surface area contributed by atoms with Crippen LogP contribution >= 0.6 is 0 Å². The molecule has 22 heavy (non-hydrogen) atoms. The van der Waals surface area contributed by atoms with Crippen molar-refractivity contribution in [1.29, 1.82) is 0 Å². The predicted octanol–water partition coefficient (Wildman–Crippen LogP) is 4.34. The first kappa shape index (κ1) is 16.7. The second-order valence-electron chi connectivity index (χ2n) is 5.45. The van der Waals surface area contributed by atoms with Crippen LogP contribution in [0.15, 0.2) is 29.8 Å². The maximum absolute atomic E-state index is 5.71. The molecule has 1 aliphatic rings. The van der Waals surface area contributed by atoms with Gasteiger partial charge in [-0.05, 0) is 38.0 Å². The van der Waals surface area contributed by atoms with E-state index in [-0.39, 0.29) is 6.79 Å². The fourth-order valence-corrected chi connectivity index (χ4v) is 2.14. The van der Waals surface area contributed by atoms with Gasteiger partial charge in [-0.15, -0.1) is 0 Å². The van der Waals surface area contributed by atoms with Crippen LogP contribution in [0.4, 0.5) is 0 Å². The summed E-state index contributed by atoms with van der Waals surface area (Å²) in [5.41, 5.74) is 1.29. The van der Waals surface area contributed by atoms with E-state index < -0.39 is 0 Å². The molecule has 0 aliphatic carbocycles. The van der Waals surface area contributed by atoms with Gasteiger partial charge in [-0.2, -0.15) is 0 Å². The van der Waals surface area contributed by atoms with Crippen molar-refractivity contribution < 1.29 is 18.9 Å². The Balaban J connectivity index is 1.62. The zero-order valence-corrected chi connectivity index (χ0v) is 13.6. The minimum atomic E-state index is 0.288. The van der Waals surface area contributed by atoms with Crippen molar-refractivity contribution in [3.8, 4) is 17.2 Å². The van der Waals surface area contributed by atoms with Crippen LogP contribution in [0.25, 0.3) is 0 Å². The number of fused-ring (bicyclic) bond motifs is 1. The van der Waals surface area contributed by atoms with E-state index in [0.29, 0.717) is 6.61 Å². The smallest absolute Gasteiger partial charge is 0.231 e. The predicted molar refractivity (Wildman–Crippen MR) is 86.8 cm³/mol. The van der Waals surface area contributed by atoms with E-state index in [1.165, 1.54) is 18.4 Å². The van der Waals surface area contributed by atoms with E-state index in [1.807, 2.05) is 18.2 Å². The topological polar surface area (TPSA) is 36.9 Å². The Bertz CT molecular complexity index is 482. The minimum Gasteiger partial charge on any atom is -0.489 e. The zero-order chi connectivity index (χ0) is 15.6. The van der Waals surface area contributed by atoms with Gasteiger partial charge in [0, 0.05) is 12.7 Å². The molecule has 0 N–H and O–H groups in total. The minimum absolute atomic E-state index is 0.288. The number of hydrogen-bond acceptors (Lipinski definition) is 4. The highest BCUT2D eigenvalue weighted by Crippen LogP contribution is 2.35. The highest BCUT2D eigenvalue weighted by Gasteiger charge is 2.13. The lowest BCUT2D eigenvalue weighted by molar-refractivity contribution is 0.133. The molecule has 4 nitrogen and oxygen atoms in total. The molecule has 2 rings (SSSR count). The summed E-state index contributed by atoms with van der Waals surface area (Å²) in [4.78, 5) is 0. The van der Waals surface area contributed by atoms with Crippen molar-refractivity contribution in [2.75, 3.05) is 26.6 Å². The number of benzene rings is 1. The summed E-state index contributed by atoms with van der Waals surface area (Å²) < 4.78 is 21.9. The first-order valence-corrected chi connectivity index (χ1v) is 8.05. The average molecular weight is 306 g/mol. The third-order valence-corrected chi connectivity index (χ3v) is 3.56. The summed E-state index contributed by atoms with van der Waals surface area (Å²) in [7, 11) is 0.